The highest BCUT2D eigenvalue weighted by Gasteiger charge is 2.15. The van der Waals surface area contributed by atoms with Crippen molar-refractivity contribution in [1.29, 1.82) is 0 Å². The van der Waals surface area contributed by atoms with Crippen molar-refractivity contribution in [3.8, 4) is 5.75 Å². The minimum Gasteiger partial charge on any atom is -0.494 e. The Morgan fingerprint density at radius 3 is 2.50 bits per heavy atom. The van der Waals surface area contributed by atoms with Crippen LogP contribution in [-0.4, -0.2) is 43.6 Å². The molecule has 162 valence electrons. The van der Waals surface area contributed by atoms with E-state index >= 15 is 0 Å². The van der Waals surface area contributed by atoms with E-state index in [0.717, 1.165) is 48.2 Å². The van der Waals surface area contributed by atoms with Crippen LogP contribution in [-0.2, 0) is 0 Å². The lowest BCUT2D eigenvalue weighted by Gasteiger charge is -2.26. The second kappa shape index (κ2) is 10.8. The van der Waals surface area contributed by atoms with Gasteiger partial charge in [-0.05, 0) is 86.1 Å². The van der Waals surface area contributed by atoms with Gasteiger partial charge in [0.15, 0.2) is 0 Å². The number of hydrogen-bond acceptors (Lipinski definition) is 3. The number of carbonyl (C=O) groups excluding carboxylic acids is 1. The van der Waals surface area contributed by atoms with Gasteiger partial charge in [0, 0.05) is 18.7 Å². The van der Waals surface area contributed by atoms with E-state index in [2.05, 4.69) is 22.3 Å². The van der Waals surface area contributed by atoms with E-state index in [-0.39, 0.29) is 5.91 Å². The molecule has 4 rings (SSSR count). The fourth-order valence-corrected chi connectivity index (χ4v) is 4.85. The lowest BCUT2D eigenvalue weighted by molar-refractivity contribution is 0.0943. The quantitative estimate of drug-likeness (QED) is 0.594. The molecule has 2 fully saturated rings. The molecule has 1 saturated heterocycles. The van der Waals surface area contributed by atoms with Gasteiger partial charge in [0.2, 0.25) is 0 Å². The molecule has 2 aliphatic rings. The van der Waals surface area contributed by atoms with Crippen LogP contribution in [0.4, 0.5) is 0 Å². The number of nitrogens with zero attached hydrogens (tertiary/aromatic N) is 1. The summed E-state index contributed by atoms with van der Waals surface area (Å²) < 4.78 is 5.98. The average molecular weight is 409 g/mol. The fourth-order valence-electron chi connectivity index (χ4n) is 4.85. The molecule has 0 unspecified atom stereocenters. The standard InChI is InChI=1S/C26H36N2O2/c29-26(27-20-21-8-3-1-4-9-21)24-11-10-23-19-25(13-12-22(23)18-24)30-17-7-16-28-14-5-2-6-15-28/h10-13,18-19,21H,1-9,14-17,20H2,(H,27,29). The summed E-state index contributed by atoms with van der Waals surface area (Å²) >= 11 is 0. The third-order valence-electron chi connectivity index (χ3n) is 6.69. The van der Waals surface area contributed by atoms with Crippen molar-refractivity contribution in [3.05, 3.63) is 42.0 Å². The summed E-state index contributed by atoms with van der Waals surface area (Å²) in [5, 5.41) is 5.34. The second-order valence-corrected chi connectivity index (χ2v) is 9.04. The van der Waals surface area contributed by atoms with Crippen LogP contribution in [0, 0.1) is 5.92 Å². The lowest BCUT2D eigenvalue weighted by atomic mass is 9.89. The fraction of sp³-hybridized carbons (Fsp3) is 0.577. The number of benzene rings is 2. The van der Waals surface area contributed by atoms with Gasteiger partial charge in [-0.3, -0.25) is 4.79 Å². The lowest BCUT2D eigenvalue weighted by Crippen LogP contribution is -2.31. The Bertz CT molecular complexity index is 823. The molecule has 1 saturated carbocycles. The van der Waals surface area contributed by atoms with Crippen molar-refractivity contribution < 1.29 is 9.53 Å². The van der Waals surface area contributed by atoms with Crippen molar-refractivity contribution in [2.24, 2.45) is 5.92 Å². The number of carbonyl (C=O) groups is 1. The van der Waals surface area contributed by atoms with Crippen LogP contribution in [0.5, 0.6) is 5.75 Å². The first-order valence-corrected chi connectivity index (χ1v) is 11.9. The van der Waals surface area contributed by atoms with E-state index in [4.69, 9.17) is 4.74 Å². The molecule has 0 spiro atoms. The molecule has 4 heteroatoms. The third kappa shape index (κ3) is 5.98. The van der Waals surface area contributed by atoms with Gasteiger partial charge in [-0.15, -0.1) is 0 Å². The summed E-state index contributed by atoms with van der Waals surface area (Å²) in [4.78, 5) is 15.1. The minimum atomic E-state index is 0.0421. The van der Waals surface area contributed by atoms with Crippen molar-refractivity contribution in [1.82, 2.24) is 10.2 Å². The summed E-state index contributed by atoms with van der Waals surface area (Å²) in [6.07, 6.45) is 11.6. The largest absolute Gasteiger partial charge is 0.494 e. The van der Waals surface area contributed by atoms with Crippen molar-refractivity contribution >= 4 is 16.7 Å². The Morgan fingerprint density at radius 2 is 1.67 bits per heavy atom. The number of amides is 1. The van der Waals surface area contributed by atoms with Gasteiger partial charge >= 0.3 is 0 Å². The zero-order valence-corrected chi connectivity index (χ0v) is 18.2. The van der Waals surface area contributed by atoms with E-state index in [1.54, 1.807) is 0 Å². The van der Waals surface area contributed by atoms with Gasteiger partial charge in [0.1, 0.15) is 5.75 Å². The van der Waals surface area contributed by atoms with Crippen molar-refractivity contribution in [3.63, 3.8) is 0 Å². The van der Waals surface area contributed by atoms with Crippen molar-refractivity contribution in [2.75, 3.05) is 32.8 Å². The molecule has 1 aliphatic heterocycles. The Labute approximate surface area is 181 Å². The van der Waals surface area contributed by atoms with Gasteiger partial charge in [-0.2, -0.15) is 0 Å². The van der Waals surface area contributed by atoms with Crippen LogP contribution in [0.3, 0.4) is 0 Å². The Kier molecular flexibility index (Phi) is 7.63. The third-order valence-corrected chi connectivity index (χ3v) is 6.69. The van der Waals surface area contributed by atoms with Crippen molar-refractivity contribution in [2.45, 2.75) is 57.8 Å². The predicted molar refractivity (Wildman–Crippen MR) is 123 cm³/mol. The number of rotatable bonds is 8. The Balaban J connectivity index is 1.26. The predicted octanol–water partition coefficient (Wildman–Crippen LogP) is 5.40. The molecular formula is C26H36N2O2. The first kappa shape index (κ1) is 21.2. The van der Waals surface area contributed by atoms with Crippen LogP contribution in [0.15, 0.2) is 36.4 Å². The minimum absolute atomic E-state index is 0.0421. The molecule has 4 nitrogen and oxygen atoms in total. The Morgan fingerprint density at radius 1 is 0.933 bits per heavy atom. The number of hydrogen-bond donors (Lipinski definition) is 1. The molecule has 1 aliphatic carbocycles. The number of nitrogens with one attached hydrogen (secondary N) is 1. The molecule has 0 atom stereocenters. The number of fused-ring (bicyclic) bond motifs is 1. The molecule has 0 bridgehead atoms. The normalized spacial score (nSPS) is 18.4. The molecule has 1 N–H and O–H groups in total. The number of likely N-dealkylation sites (tertiary alicyclic amines) is 1. The molecule has 0 radical (unpaired) electrons. The topological polar surface area (TPSA) is 41.6 Å². The SMILES string of the molecule is O=C(NCC1CCCCC1)c1ccc2cc(OCCCN3CCCCC3)ccc2c1. The van der Waals surface area contributed by atoms with Crippen LogP contribution < -0.4 is 10.1 Å². The average Bonchev–Trinajstić information content (AvgIpc) is 2.81. The molecule has 2 aromatic rings. The molecular weight excluding hydrogens is 372 g/mol. The second-order valence-electron chi connectivity index (χ2n) is 9.04. The highest BCUT2D eigenvalue weighted by Crippen LogP contribution is 2.24. The maximum Gasteiger partial charge on any atom is 0.251 e. The van der Waals surface area contributed by atoms with Gasteiger partial charge in [-0.1, -0.05) is 37.8 Å². The van der Waals surface area contributed by atoms with Gasteiger partial charge in [0.25, 0.3) is 5.91 Å². The van der Waals surface area contributed by atoms with E-state index in [1.165, 1.54) is 64.5 Å². The van der Waals surface area contributed by atoms with E-state index < -0.39 is 0 Å². The monoisotopic (exact) mass is 408 g/mol. The van der Waals surface area contributed by atoms with Crippen LogP contribution in [0.25, 0.3) is 10.8 Å². The van der Waals surface area contributed by atoms with E-state index in [0.29, 0.717) is 5.92 Å². The highest BCUT2D eigenvalue weighted by molar-refractivity contribution is 5.98. The summed E-state index contributed by atoms with van der Waals surface area (Å²) in [6, 6.07) is 12.1. The zero-order chi connectivity index (χ0) is 20.6. The molecule has 2 aromatic carbocycles. The summed E-state index contributed by atoms with van der Waals surface area (Å²) in [5.41, 5.74) is 0.744. The maximum absolute atomic E-state index is 12.6. The summed E-state index contributed by atoms with van der Waals surface area (Å²) in [5.74, 6) is 1.61. The van der Waals surface area contributed by atoms with Gasteiger partial charge in [-0.25, -0.2) is 0 Å². The van der Waals surface area contributed by atoms with Gasteiger partial charge in [0.05, 0.1) is 6.61 Å². The zero-order valence-electron chi connectivity index (χ0n) is 18.2. The summed E-state index contributed by atoms with van der Waals surface area (Å²) in [6.45, 7) is 5.18. The van der Waals surface area contributed by atoms with Gasteiger partial charge < -0.3 is 15.0 Å². The van der Waals surface area contributed by atoms with Crippen LogP contribution in [0.1, 0.15) is 68.1 Å². The van der Waals surface area contributed by atoms with Crippen LogP contribution in [0.2, 0.25) is 0 Å². The highest BCUT2D eigenvalue weighted by atomic mass is 16.5. The number of ether oxygens (including phenoxy) is 1. The first-order chi connectivity index (χ1) is 14.8. The Hall–Kier alpha value is -2.07. The van der Waals surface area contributed by atoms with Crippen LogP contribution >= 0.6 is 0 Å². The molecule has 1 amide bonds. The summed E-state index contributed by atoms with van der Waals surface area (Å²) in [7, 11) is 0. The maximum atomic E-state index is 12.6. The number of piperidine rings is 1. The molecule has 1 heterocycles. The smallest absolute Gasteiger partial charge is 0.251 e. The molecule has 0 aromatic heterocycles. The first-order valence-electron chi connectivity index (χ1n) is 11.9. The van der Waals surface area contributed by atoms with E-state index in [1.807, 2.05) is 24.3 Å². The molecule has 30 heavy (non-hydrogen) atoms. The van der Waals surface area contributed by atoms with E-state index in [9.17, 15) is 4.79 Å².